The molecule has 15 rings (SSSR count). The first-order valence-corrected chi connectivity index (χ1v) is 48.7. The van der Waals surface area contributed by atoms with E-state index in [2.05, 4.69) is 0 Å². The number of thiocarbonyl (C=S) groups is 5. The standard InChI is InChI=1S/C22H21NO5S2.C20H16FNO5S2.2C20H17NO5S2.C19H14ClNO4S2/c1-3-27-18-10-16(11-19-21(26)23(12-20(24)25)22(29)30-19)8-9-17(18)28-13-15-6-4-14(2)5-7-15;1-26-16-8-12(9-17-19(25)22(10-18(23)24)20(28)29-17)6-7-15(16)27-11-13-4-2-3-5-14(13)21;1-25-16-9-14(7-8-15(16)26-12-13-5-3-2-4-6-13)10-17-19(24)21(11-18(22)23)20(27)28-17;1-25-15-8-7-14(9-16(15)26-12-13-5-3-2-4-6-13)10-17-19(24)21(11-18(22)23)20(27)28-17;20-15-7-2-1-5-13(15)11-25-14-6-3-4-12(8-14)9-16-18(24)21(10-17(22)23)19(26)27-16/h4-11H,3,12-13H2,1-2H3,(H,24,25);2-9H,10-11H2,1H3,(H,23,24);2*2-10H,11-12H2,1H3,(H,22,23);1-9H,10-11H2,(H,22,23)/b19-11-;17-9-;2*17-10-;16-9-. The summed E-state index contributed by atoms with van der Waals surface area (Å²) in [5, 5.41) is 45.2. The zero-order valence-corrected chi connectivity index (χ0v) is 84.6. The third-order valence-electron chi connectivity index (χ3n) is 19.7. The van der Waals surface area contributed by atoms with Gasteiger partial charge < -0.3 is 68.2 Å². The van der Waals surface area contributed by atoms with Crippen molar-refractivity contribution in [2.45, 2.75) is 46.9 Å². The molecule has 5 N–H and O–H groups in total. The van der Waals surface area contributed by atoms with Crippen LogP contribution in [0.3, 0.4) is 0 Å². The van der Waals surface area contributed by atoms with Gasteiger partial charge in [0.25, 0.3) is 29.5 Å². The second-order valence-electron chi connectivity index (χ2n) is 29.8. The molecular formula is C101H85ClFN5O24S10. The number of halogens is 2. The number of aryl methyl sites for hydroxylation is 1. The first kappa shape index (κ1) is 109. The molecule has 0 aromatic heterocycles. The molecule has 10 aromatic carbocycles. The van der Waals surface area contributed by atoms with Crippen molar-refractivity contribution < 1.29 is 121 Å². The number of nitrogens with zero attached hydrogens (tertiary/aromatic N) is 5. The van der Waals surface area contributed by atoms with Gasteiger partial charge in [0.2, 0.25) is 0 Å². The minimum Gasteiger partial charge on any atom is -0.493 e. The topological polar surface area (TPSA) is 371 Å². The minimum absolute atomic E-state index is 0.0379. The average molecular weight is 2130 g/mol. The van der Waals surface area contributed by atoms with Crippen LogP contribution in [-0.4, -0.2) is 192 Å². The van der Waals surface area contributed by atoms with E-state index >= 15 is 0 Å². The Morgan fingerprint density at radius 2 is 0.620 bits per heavy atom. The number of carbonyl (C=O) groups excluding carboxylic acids is 5. The van der Waals surface area contributed by atoms with Crippen LogP contribution in [-0.2, 0) is 81.0 Å². The van der Waals surface area contributed by atoms with Gasteiger partial charge >= 0.3 is 29.8 Å². The third-order valence-corrected chi connectivity index (χ3v) is 27.0. The molecule has 5 aliphatic rings. The van der Waals surface area contributed by atoms with Crippen LogP contribution in [0.15, 0.2) is 255 Å². The lowest BCUT2D eigenvalue weighted by Crippen LogP contribution is -2.33. The maximum atomic E-state index is 13.7. The molecule has 5 heterocycles. The van der Waals surface area contributed by atoms with E-state index in [0.717, 1.165) is 128 Å². The van der Waals surface area contributed by atoms with Crippen molar-refractivity contribution in [3.05, 3.63) is 327 Å². The van der Waals surface area contributed by atoms with Gasteiger partial charge in [-0.25, -0.2) is 4.39 Å². The van der Waals surface area contributed by atoms with Gasteiger partial charge in [0.15, 0.2) is 46.0 Å². The molecule has 5 amide bonds. The molecule has 29 nitrogen and oxygen atoms in total. The lowest BCUT2D eigenvalue weighted by molar-refractivity contribution is -0.140. The van der Waals surface area contributed by atoms with Gasteiger partial charge in [-0.2, -0.15) is 0 Å². The van der Waals surface area contributed by atoms with E-state index < -0.39 is 92.1 Å². The first-order chi connectivity index (χ1) is 68.1. The van der Waals surface area contributed by atoms with Gasteiger partial charge in [-0.3, -0.25) is 72.4 Å². The molecule has 0 bridgehead atoms. The highest BCUT2D eigenvalue weighted by molar-refractivity contribution is 8.28. The third kappa shape index (κ3) is 31.6. The predicted octanol–water partition coefficient (Wildman–Crippen LogP) is 19.3. The summed E-state index contributed by atoms with van der Waals surface area (Å²) in [5.74, 6) is -3.17. The summed E-state index contributed by atoms with van der Waals surface area (Å²) in [5.41, 5.74) is 9.16. The number of carboxylic acids is 5. The van der Waals surface area contributed by atoms with Crippen LogP contribution in [0.25, 0.3) is 30.4 Å². The van der Waals surface area contributed by atoms with E-state index in [4.69, 9.17) is 141 Å². The summed E-state index contributed by atoms with van der Waals surface area (Å²) in [6.07, 6.45) is 8.27. The maximum Gasteiger partial charge on any atom is 0.323 e. The van der Waals surface area contributed by atoms with Crippen molar-refractivity contribution in [1.82, 2.24) is 24.5 Å². The number of aliphatic carboxylic acids is 5. The lowest BCUT2D eigenvalue weighted by Gasteiger charge is -2.13. The van der Waals surface area contributed by atoms with Gasteiger partial charge in [0.1, 0.15) is 98.9 Å². The summed E-state index contributed by atoms with van der Waals surface area (Å²) < 4.78 is 65.7. The van der Waals surface area contributed by atoms with Gasteiger partial charge in [0, 0.05) is 16.1 Å². The van der Waals surface area contributed by atoms with Gasteiger partial charge in [-0.15, -0.1) is 0 Å². The number of carboxylic acid groups (broad SMARTS) is 5. The number of ether oxygens (including phenoxy) is 9. The quantitative estimate of drug-likeness (QED) is 0.0182. The number of methoxy groups -OCH3 is 3. The fraction of sp³-hybridized carbons (Fsp3) is 0.158. The molecule has 0 spiro atoms. The van der Waals surface area contributed by atoms with Crippen molar-refractivity contribution >= 4 is 243 Å². The smallest absolute Gasteiger partial charge is 0.323 e. The molecule has 142 heavy (non-hydrogen) atoms. The van der Waals surface area contributed by atoms with Crippen LogP contribution >= 0.6 is 131 Å². The first-order valence-electron chi connectivity index (χ1n) is 42.2. The number of thioether (sulfide) groups is 5. The van der Waals surface area contributed by atoms with E-state index in [0.29, 0.717) is 125 Å². The lowest BCUT2D eigenvalue weighted by atomic mass is 10.1. The van der Waals surface area contributed by atoms with Crippen molar-refractivity contribution in [1.29, 1.82) is 0 Å². The van der Waals surface area contributed by atoms with Gasteiger partial charge in [0.05, 0.1) is 52.5 Å². The molecule has 0 saturated carbocycles. The maximum absolute atomic E-state index is 13.7. The number of rotatable bonds is 35. The highest BCUT2D eigenvalue weighted by Gasteiger charge is 2.38. The summed E-state index contributed by atoms with van der Waals surface area (Å²) in [6, 6.07) is 69.7. The van der Waals surface area contributed by atoms with E-state index in [1.165, 1.54) is 18.7 Å². The highest BCUT2D eigenvalue weighted by atomic mass is 35.5. The summed E-state index contributed by atoms with van der Waals surface area (Å²) in [6.45, 7) is 3.67. The Labute approximate surface area is 867 Å². The van der Waals surface area contributed by atoms with Crippen molar-refractivity contribution in [3.63, 3.8) is 0 Å². The zero-order valence-electron chi connectivity index (χ0n) is 75.7. The summed E-state index contributed by atoms with van der Waals surface area (Å²) in [7, 11) is 4.57. The number of carbonyl (C=O) groups is 10. The highest BCUT2D eigenvalue weighted by Crippen LogP contribution is 2.42. The molecule has 0 atom stereocenters. The Balaban J connectivity index is 0.000000170. The van der Waals surface area contributed by atoms with Gasteiger partial charge in [-0.05, 0) is 162 Å². The summed E-state index contributed by atoms with van der Waals surface area (Å²) >= 11 is 37.0. The molecule has 10 aromatic rings. The van der Waals surface area contributed by atoms with Crippen LogP contribution in [0.4, 0.5) is 4.39 Å². The van der Waals surface area contributed by atoms with E-state index in [1.54, 1.807) is 142 Å². The largest absolute Gasteiger partial charge is 0.493 e. The fourth-order valence-corrected chi connectivity index (χ4v) is 19.3. The number of hydrogen-bond donors (Lipinski definition) is 5. The zero-order chi connectivity index (χ0) is 102. The Morgan fingerprint density at radius 3 is 0.972 bits per heavy atom. The molecule has 732 valence electrons. The predicted molar refractivity (Wildman–Crippen MR) is 564 cm³/mol. The van der Waals surface area contributed by atoms with Gasteiger partial charge in [-0.1, -0.05) is 295 Å². The van der Waals surface area contributed by atoms with E-state index in [9.17, 15) is 52.3 Å². The molecule has 5 saturated heterocycles. The SMILES string of the molecule is CCOc1cc(/C=C2\SC(=S)N(CC(=O)O)C2=O)ccc1OCc1ccc(C)cc1.COc1cc(/C=C2\SC(=S)N(CC(=O)O)C2=O)ccc1OCc1ccccc1.COc1cc(/C=C2\SC(=S)N(CC(=O)O)C2=O)ccc1OCc1ccccc1F.COc1ccc(/C=C2\SC(=S)N(CC(=O)O)C2=O)cc1OCc1ccccc1.O=C(O)CN1C(=O)/C(=C/c2cccc(OCc3ccccc3Cl)c2)SC1=S. The number of amides is 5. The van der Waals surface area contributed by atoms with Crippen molar-refractivity contribution in [2.75, 3.05) is 60.7 Å². The second-order valence-corrected chi connectivity index (χ2v) is 38.6. The van der Waals surface area contributed by atoms with Crippen LogP contribution in [0, 0.1) is 12.7 Å². The fourth-order valence-electron chi connectivity index (χ4n) is 12.9. The molecule has 0 aliphatic carbocycles. The second kappa shape index (κ2) is 53.2. The molecule has 0 unspecified atom stereocenters. The van der Waals surface area contributed by atoms with E-state index in [1.807, 2.05) is 141 Å². The number of benzene rings is 10. The van der Waals surface area contributed by atoms with Crippen LogP contribution in [0.1, 0.15) is 68.1 Å². The Hall–Kier alpha value is -13.8. The Kier molecular flexibility index (Phi) is 40.7. The Bertz CT molecular complexity index is 6670. The molecular weight excluding hydrogens is 2040 g/mol. The van der Waals surface area contributed by atoms with Crippen LogP contribution in [0.2, 0.25) is 5.02 Å². The molecule has 41 heteroatoms. The molecule has 5 fully saturated rings. The van der Waals surface area contributed by atoms with Crippen LogP contribution < -0.4 is 42.6 Å². The Morgan fingerprint density at radius 1 is 0.324 bits per heavy atom. The summed E-state index contributed by atoms with van der Waals surface area (Å²) in [4.78, 5) is 124. The number of hydrogen-bond acceptors (Lipinski definition) is 29. The van der Waals surface area contributed by atoms with Crippen LogP contribution in [0.5, 0.6) is 51.7 Å². The molecule has 0 radical (unpaired) electrons. The minimum atomic E-state index is -1.14. The van der Waals surface area contributed by atoms with Crippen molar-refractivity contribution in [3.8, 4) is 51.7 Å². The van der Waals surface area contributed by atoms with Crippen molar-refractivity contribution in [2.24, 2.45) is 0 Å². The van der Waals surface area contributed by atoms with E-state index in [-0.39, 0.29) is 34.0 Å². The molecule has 5 aliphatic heterocycles. The monoisotopic (exact) mass is 2130 g/mol. The average Bonchev–Trinajstić information content (AvgIpc) is 1.68. The normalized spacial score (nSPS) is 15.2.